The Hall–Kier alpha value is -1.28. The van der Waals surface area contributed by atoms with Crippen LogP contribution in [0.4, 0.5) is 0 Å². The molecule has 0 heterocycles. The fourth-order valence-electron chi connectivity index (χ4n) is 4.98. The molecule has 1 aromatic carbocycles. The third-order valence-electron chi connectivity index (χ3n) is 6.65. The Bertz CT molecular complexity index is 593. The van der Waals surface area contributed by atoms with Gasteiger partial charge in [0, 0.05) is 5.02 Å². The largest absolute Gasteiger partial charge is 0.459 e. The molecular weight excluding hydrogens is 356 g/mol. The Morgan fingerprint density at radius 3 is 2.19 bits per heavy atom. The highest BCUT2D eigenvalue weighted by Gasteiger charge is 2.31. The average Bonchev–Trinajstić information content (AvgIpc) is 2.70. The summed E-state index contributed by atoms with van der Waals surface area (Å²) in [5.74, 6) is 2.46. The highest BCUT2D eigenvalue weighted by molar-refractivity contribution is 6.30. The Kier molecular flexibility index (Phi) is 7.81. The fourth-order valence-corrected chi connectivity index (χ4v) is 5.11. The van der Waals surface area contributed by atoms with Crippen molar-refractivity contribution in [2.24, 2.45) is 17.8 Å². The zero-order chi connectivity index (χ0) is 19.1. The van der Waals surface area contributed by atoms with E-state index in [1.54, 1.807) is 24.3 Å². The van der Waals surface area contributed by atoms with Crippen molar-refractivity contribution in [3.8, 4) is 0 Å². The molecule has 0 spiro atoms. The molecule has 2 nitrogen and oxygen atoms in total. The van der Waals surface area contributed by atoms with E-state index < -0.39 is 0 Å². The monoisotopic (exact) mass is 388 g/mol. The van der Waals surface area contributed by atoms with Crippen molar-refractivity contribution in [2.45, 2.75) is 76.7 Å². The molecule has 0 aromatic heterocycles. The molecule has 0 N–H and O–H groups in total. The van der Waals surface area contributed by atoms with Crippen LogP contribution >= 0.6 is 11.6 Å². The van der Waals surface area contributed by atoms with Gasteiger partial charge >= 0.3 is 5.97 Å². The van der Waals surface area contributed by atoms with Crippen LogP contribution in [0.25, 0.3) is 0 Å². The van der Waals surface area contributed by atoms with Gasteiger partial charge in [-0.05, 0) is 93.4 Å². The number of allylic oxidation sites excluding steroid dienone is 1. The summed E-state index contributed by atoms with van der Waals surface area (Å²) in [6, 6.07) is 6.96. The van der Waals surface area contributed by atoms with E-state index in [-0.39, 0.29) is 12.1 Å². The molecule has 0 unspecified atom stereocenters. The summed E-state index contributed by atoms with van der Waals surface area (Å²) >= 11 is 5.88. The molecule has 2 fully saturated rings. The first-order chi connectivity index (χ1) is 13.2. The summed E-state index contributed by atoms with van der Waals surface area (Å²) in [4.78, 5) is 12.3. The van der Waals surface area contributed by atoms with Gasteiger partial charge in [-0.1, -0.05) is 36.9 Å². The molecule has 3 rings (SSSR count). The van der Waals surface area contributed by atoms with Gasteiger partial charge in [-0.25, -0.2) is 4.79 Å². The first-order valence-corrected chi connectivity index (χ1v) is 11.1. The molecule has 2 aliphatic carbocycles. The molecule has 2 aliphatic rings. The Morgan fingerprint density at radius 1 is 1.00 bits per heavy atom. The van der Waals surface area contributed by atoms with E-state index >= 15 is 0 Å². The number of unbranched alkanes of at least 4 members (excludes halogenated alkanes) is 1. The molecule has 148 valence electrons. The zero-order valence-corrected chi connectivity index (χ0v) is 17.1. The predicted molar refractivity (Wildman–Crippen MR) is 112 cm³/mol. The molecule has 3 heteroatoms. The maximum absolute atomic E-state index is 12.3. The smallest absolute Gasteiger partial charge is 0.338 e. The van der Waals surface area contributed by atoms with Gasteiger partial charge in [-0.3, -0.25) is 0 Å². The lowest BCUT2D eigenvalue weighted by atomic mass is 9.70. The van der Waals surface area contributed by atoms with Crippen molar-refractivity contribution < 1.29 is 9.53 Å². The molecule has 2 saturated carbocycles. The number of rotatable bonds is 7. The summed E-state index contributed by atoms with van der Waals surface area (Å²) in [5.41, 5.74) is 0.594. The lowest BCUT2D eigenvalue weighted by Crippen LogP contribution is -2.29. The lowest BCUT2D eigenvalue weighted by Gasteiger charge is -2.37. The van der Waals surface area contributed by atoms with Crippen molar-refractivity contribution in [2.75, 3.05) is 0 Å². The van der Waals surface area contributed by atoms with Crippen molar-refractivity contribution in [1.82, 2.24) is 0 Å². The minimum absolute atomic E-state index is 0.0830. The molecule has 0 aliphatic heterocycles. The highest BCUT2D eigenvalue weighted by Crippen LogP contribution is 2.41. The zero-order valence-electron chi connectivity index (χ0n) is 16.4. The summed E-state index contributed by atoms with van der Waals surface area (Å²) in [5, 5.41) is 0.641. The molecule has 27 heavy (non-hydrogen) atoms. The fraction of sp³-hybridized carbons (Fsp3) is 0.625. The lowest BCUT2D eigenvalue weighted by molar-refractivity contribution is 0.0109. The molecule has 0 bridgehead atoms. The second-order valence-electron chi connectivity index (χ2n) is 8.45. The van der Waals surface area contributed by atoms with E-state index in [0.29, 0.717) is 10.6 Å². The molecule has 0 radical (unpaired) electrons. The number of esters is 1. The van der Waals surface area contributed by atoms with Gasteiger partial charge in [0.1, 0.15) is 6.10 Å². The minimum Gasteiger partial charge on any atom is -0.459 e. The number of hydrogen-bond donors (Lipinski definition) is 0. The summed E-state index contributed by atoms with van der Waals surface area (Å²) in [7, 11) is 0. The summed E-state index contributed by atoms with van der Waals surface area (Å²) in [6.45, 7) is 3.82. The van der Waals surface area contributed by atoms with E-state index in [9.17, 15) is 4.79 Å². The first-order valence-electron chi connectivity index (χ1n) is 10.7. The van der Waals surface area contributed by atoms with Crippen molar-refractivity contribution in [3.05, 3.63) is 47.5 Å². The molecular formula is C24H33ClO2. The third kappa shape index (κ3) is 6.10. The second kappa shape index (κ2) is 10.3. The van der Waals surface area contributed by atoms with Gasteiger partial charge in [0.25, 0.3) is 0 Å². The van der Waals surface area contributed by atoms with Gasteiger partial charge < -0.3 is 4.74 Å². The van der Waals surface area contributed by atoms with Crippen molar-refractivity contribution >= 4 is 17.6 Å². The Labute approximate surface area is 169 Å². The van der Waals surface area contributed by atoms with E-state index in [2.05, 4.69) is 6.58 Å². The van der Waals surface area contributed by atoms with Gasteiger partial charge in [0.05, 0.1) is 5.56 Å². The standard InChI is InChI=1S/C24H33ClO2/c1-2-3-4-5-18-6-8-19(9-7-18)20-12-16-23(17-13-20)27-24(26)21-10-14-22(25)15-11-21/h2,10-11,14-15,18-20,23H,1,3-9,12-13,16-17H2. The van der Waals surface area contributed by atoms with Crippen LogP contribution in [-0.4, -0.2) is 12.1 Å². The molecule has 0 atom stereocenters. The van der Waals surface area contributed by atoms with Crippen molar-refractivity contribution in [3.63, 3.8) is 0 Å². The van der Waals surface area contributed by atoms with E-state index in [4.69, 9.17) is 16.3 Å². The maximum atomic E-state index is 12.3. The Balaban J connectivity index is 1.37. The minimum atomic E-state index is -0.213. The van der Waals surface area contributed by atoms with E-state index in [1.165, 1.54) is 57.8 Å². The summed E-state index contributed by atoms with van der Waals surface area (Å²) < 4.78 is 5.73. The summed E-state index contributed by atoms with van der Waals surface area (Å²) in [6.07, 6.45) is 16.1. The predicted octanol–water partition coefficient (Wildman–Crippen LogP) is 7.22. The van der Waals surface area contributed by atoms with Crippen LogP contribution in [0.5, 0.6) is 0 Å². The van der Waals surface area contributed by atoms with Crippen LogP contribution in [0.15, 0.2) is 36.9 Å². The van der Waals surface area contributed by atoms with E-state index in [1.807, 2.05) is 6.08 Å². The number of carbonyl (C=O) groups excluding carboxylic acids is 1. The normalized spacial score (nSPS) is 28.5. The SMILES string of the molecule is C=CCCCC1CCC(C2CCC(OC(=O)c3ccc(Cl)cc3)CC2)CC1. The van der Waals surface area contributed by atoms with Gasteiger partial charge in [-0.15, -0.1) is 6.58 Å². The number of halogens is 1. The molecule has 0 saturated heterocycles. The molecule has 1 aromatic rings. The van der Waals surface area contributed by atoms with Crippen LogP contribution < -0.4 is 0 Å². The third-order valence-corrected chi connectivity index (χ3v) is 6.90. The van der Waals surface area contributed by atoms with Crippen LogP contribution in [0.2, 0.25) is 5.02 Å². The molecule has 0 amide bonds. The van der Waals surface area contributed by atoms with E-state index in [0.717, 1.165) is 30.6 Å². The van der Waals surface area contributed by atoms with Crippen molar-refractivity contribution in [1.29, 1.82) is 0 Å². The van der Waals surface area contributed by atoms with Crippen LogP contribution in [0.1, 0.15) is 81.0 Å². The number of hydrogen-bond acceptors (Lipinski definition) is 2. The quantitative estimate of drug-likeness (QED) is 0.280. The van der Waals surface area contributed by atoms with Crippen LogP contribution in [0, 0.1) is 17.8 Å². The number of benzene rings is 1. The van der Waals surface area contributed by atoms with Gasteiger partial charge in [0.2, 0.25) is 0 Å². The van der Waals surface area contributed by atoms with Crippen LogP contribution in [0.3, 0.4) is 0 Å². The first kappa shape index (κ1) is 20.5. The average molecular weight is 389 g/mol. The number of ether oxygens (including phenoxy) is 1. The topological polar surface area (TPSA) is 26.3 Å². The van der Waals surface area contributed by atoms with Gasteiger partial charge in [0.15, 0.2) is 0 Å². The van der Waals surface area contributed by atoms with Crippen LogP contribution in [-0.2, 0) is 4.74 Å². The number of carbonyl (C=O) groups is 1. The second-order valence-corrected chi connectivity index (χ2v) is 8.89. The maximum Gasteiger partial charge on any atom is 0.338 e. The Morgan fingerprint density at radius 2 is 1.59 bits per heavy atom. The highest BCUT2D eigenvalue weighted by atomic mass is 35.5. The van der Waals surface area contributed by atoms with Gasteiger partial charge in [-0.2, -0.15) is 0 Å².